The Labute approximate surface area is 104 Å². The zero-order chi connectivity index (χ0) is 13.1. The lowest BCUT2D eigenvalue weighted by atomic mass is 9.83. The van der Waals surface area contributed by atoms with Crippen LogP contribution >= 0.6 is 0 Å². The molecule has 2 rings (SSSR count). The van der Waals surface area contributed by atoms with Crippen molar-refractivity contribution in [1.82, 2.24) is 0 Å². The molecule has 0 bridgehead atoms. The second kappa shape index (κ2) is 5.33. The summed E-state index contributed by atoms with van der Waals surface area (Å²) in [5, 5.41) is 0. The van der Waals surface area contributed by atoms with Gasteiger partial charge in [-0.25, -0.2) is 13.6 Å². The van der Waals surface area contributed by atoms with Crippen LogP contribution in [0.3, 0.4) is 0 Å². The van der Waals surface area contributed by atoms with Crippen LogP contribution in [0, 0.1) is 17.6 Å². The normalized spacial score (nSPS) is 15.2. The predicted octanol–water partition coefficient (Wildman–Crippen LogP) is 2.89. The van der Waals surface area contributed by atoms with Gasteiger partial charge >= 0.3 is 5.97 Å². The monoisotopic (exact) mass is 255 g/mol. The van der Waals surface area contributed by atoms with E-state index in [2.05, 4.69) is 0 Å². The lowest BCUT2D eigenvalue weighted by Crippen LogP contribution is -2.16. The molecule has 0 saturated heterocycles. The third kappa shape index (κ3) is 2.78. The smallest absolute Gasteiger partial charge is 0.341 e. The highest BCUT2D eigenvalue weighted by atomic mass is 19.1. The fourth-order valence-electron chi connectivity index (χ4n) is 1.90. The number of rotatable bonds is 4. The highest BCUT2D eigenvalue weighted by Crippen LogP contribution is 2.29. The molecule has 0 radical (unpaired) electrons. The van der Waals surface area contributed by atoms with Crippen LogP contribution in [0.15, 0.2) is 12.1 Å². The number of nitrogen functional groups attached to an aromatic ring is 1. The van der Waals surface area contributed by atoms with Crippen LogP contribution in [-0.4, -0.2) is 12.6 Å². The van der Waals surface area contributed by atoms with Gasteiger partial charge in [-0.05, 0) is 18.4 Å². The van der Waals surface area contributed by atoms with E-state index in [1.165, 1.54) is 6.42 Å². The number of carbonyl (C=O) groups is 1. The van der Waals surface area contributed by atoms with Crippen molar-refractivity contribution in [3.63, 3.8) is 0 Å². The molecule has 98 valence electrons. The Morgan fingerprint density at radius 2 is 2.06 bits per heavy atom. The van der Waals surface area contributed by atoms with E-state index in [4.69, 9.17) is 10.5 Å². The highest BCUT2D eigenvalue weighted by Gasteiger charge is 2.19. The van der Waals surface area contributed by atoms with Crippen molar-refractivity contribution in [2.75, 3.05) is 12.3 Å². The molecule has 0 atom stereocenters. The second-order valence-electron chi connectivity index (χ2n) is 4.58. The molecule has 0 heterocycles. The van der Waals surface area contributed by atoms with Gasteiger partial charge in [0.2, 0.25) is 0 Å². The number of hydrogen-bond donors (Lipinski definition) is 1. The average Bonchev–Trinajstić information content (AvgIpc) is 2.26. The van der Waals surface area contributed by atoms with E-state index in [0.717, 1.165) is 25.3 Å². The third-order valence-electron chi connectivity index (χ3n) is 3.29. The minimum absolute atomic E-state index is 0.262. The molecule has 2 N–H and O–H groups in total. The van der Waals surface area contributed by atoms with Crippen LogP contribution in [0.5, 0.6) is 0 Å². The van der Waals surface area contributed by atoms with Gasteiger partial charge in [-0.2, -0.15) is 0 Å². The van der Waals surface area contributed by atoms with Crippen molar-refractivity contribution >= 4 is 11.7 Å². The van der Waals surface area contributed by atoms with Gasteiger partial charge in [0.1, 0.15) is 11.6 Å². The van der Waals surface area contributed by atoms with E-state index >= 15 is 0 Å². The summed E-state index contributed by atoms with van der Waals surface area (Å²) in [5.41, 5.74) is 4.71. The lowest BCUT2D eigenvalue weighted by molar-refractivity contribution is 0.0459. The Bertz CT molecular complexity index is 459. The summed E-state index contributed by atoms with van der Waals surface area (Å²) in [4.78, 5) is 11.6. The first-order valence-electron chi connectivity index (χ1n) is 5.99. The first-order valence-corrected chi connectivity index (χ1v) is 5.99. The van der Waals surface area contributed by atoms with Crippen LogP contribution in [-0.2, 0) is 4.74 Å². The number of ether oxygens (including phenoxy) is 1. The summed E-state index contributed by atoms with van der Waals surface area (Å²) in [7, 11) is 0. The van der Waals surface area contributed by atoms with E-state index in [1.54, 1.807) is 0 Å². The maximum absolute atomic E-state index is 13.3. The van der Waals surface area contributed by atoms with Crippen molar-refractivity contribution in [3.05, 3.63) is 29.3 Å². The van der Waals surface area contributed by atoms with Crippen LogP contribution in [0.25, 0.3) is 0 Å². The fourth-order valence-corrected chi connectivity index (χ4v) is 1.90. The first-order chi connectivity index (χ1) is 8.58. The highest BCUT2D eigenvalue weighted by molar-refractivity contribution is 5.90. The number of benzene rings is 1. The molecule has 1 aromatic carbocycles. The topological polar surface area (TPSA) is 52.3 Å². The van der Waals surface area contributed by atoms with Crippen molar-refractivity contribution < 1.29 is 18.3 Å². The summed E-state index contributed by atoms with van der Waals surface area (Å²) in [6, 6.07) is 1.56. The number of hydrogen-bond acceptors (Lipinski definition) is 3. The van der Waals surface area contributed by atoms with Crippen LogP contribution in [0.2, 0.25) is 0 Å². The molecule has 5 heteroatoms. The summed E-state index contributed by atoms with van der Waals surface area (Å²) in [6.07, 6.45) is 4.34. The molecule has 1 aromatic rings. The van der Waals surface area contributed by atoms with Gasteiger partial charge in [0.15, 0.2) is 0 Å². The Morgan fingerprint density at radius 1 is 1.33 bits per heavy atom. The number of carbonyl (C=O) groups excluding carboxylic acids is 1. The molecular weight excluding hydrogens is 240 g/mol. The van der Waals surface area contributed by atoms with Gasteiger partial charge in [-0.3, -0.25) is 0 Å². The Balaban J connectivity index is 1.93. The van der Waals surface area contributed by atoms with E-state index in [1.807, 2.05) is 0 Å². The standard InChI is InChI=1S/C13H15F2NO2/c14-10-7-11(15)12(16)6-9(10)13(17)18-5-4-8-2-1-3-8/h6-8H,1-5,16H2. The second-order valence-corrected chi connectivity index (χ2v) is 4.58. The average molecular weight is 255 g/mol. The Kier molecular flexibility index (Phi) is 3.79. The van der Waals surface area contributed by atoms with E-state index in [9.17, 15) is 13.6 Å². The first kappa shape index (κ1) is 12.8. The van der Waals surface area contributed by atoms with Gasteiger partial charge in [0, 0.05) is 6.07 Å². The van der Waals surface area contributed by atoms with E-state index in [0.29, 0.717) is 12.0 Å². The van der Waals surface area contributed by atoms with Gasteiger partial charge in [-0.1, -0.05) is 19.3 Å². The van der Waals surface area contributed by atoms with Crippen LogP contribution in [0.4, 0.5) is 14.5 Å². The maximum atomic E-state index is 13.3. The van der Waals surface area contributed by atoms with Gasteiger partial charge < -0.3 is 10.5 Å². The Morgan fingerprint density at radius 3 is 2.67 bits per heavy atom. The maximum Gasteiger partial charge on any atom is 0.341 e. The van der Waals surface area contributed by atoms with Gasteiger partial charge in [0.05, 0.1) is 17.9 Å². The predicted molar refractivity (Wildman–Crippen MR) is 63.0 cm³/mol. The summed E-state index contributed by atoms with van der Waals surface area (Å²) in [5.74, 6) is -2.01. The molecule has 0 aromatic heterocycles. The molecule has 1 fully saturated rings. The largest absolute Gasteiger partial charge is 0.462 e. The minimum atomic E-state index is -0.949. The molecule has 0 spiro atoms. The summed E-state index contributed by atoms with van der Waals surface area (Å²) >= 11 is 0. The van der Waals surface area contributed by atoms with Gasteiger partial charge in [0.25, 0.3) is 0 Å². The zero-order valence-corrected chi connectivity index (χ0v) is 9.92. The number of nitrogens with two attached hydrogens (primary N) is 1. The molecule has 0 unspecified atom stereocenters. The molecule has 1 aliphatic rings. The van der Waals surface area contributed by atoms with E-state index < -0.39 is 17.6 Å². The van der Waals surface area contributed by atoms with Crippen LogP contribution in [0.1, 0.15) is 36.0 Å². The summed E-state index contributed by atoms with van der Waals surface area (Å²) < 4.78 is 31.2. The minimum Gasteiger partial charge on any atom is -0.462 e. The summed E-state index contributed by atoms with van der Waals surface area (Å²) in [6.45, 7) is 0.264. The molecule has 1 saturated carbocycles. The number of anilines is 1. The molecular formula is C13H15F2NO2. The third-order valence-corrected chi connectivity index (χ3v) is 3.29. The lowest BCUT2D eigenvalue weighted by Gasteiger charge is -2.24. The van der Waals surface area contributed by atoms with Crippen molar-refractivity contribution in [2.45, 2.75) is 25.7 Å². The number of halogens is 2. The zero-order valence-electron chi connectivity index (χ0n) is 9.92. The number of esters is 1. The fraction of sp³-hybridized carbons (Fsp3) is 0.462. The van der Waals surface area contributed by atoms with Crippen molar-refractivity contribution in [3.8, 4) is 0 Å². The molecule has 1 aliphatic carbocycles. The SMILES string of the molecule is Nc1cc(C(=O)OCCC2CCC2)c(F)cc1F. The quantitative estimate of drug-likeness (QED) is 0.664. The van der Waals surface area contributed by atoms with Crippen molar-refractivity contribution in [1.29, 1.82) is 0 Å². The Hall–Kier alpha value is -1.65. The van der Waals surface area contributed by atoms with Crippen LogP contribution < -0.4 is 5.73 Å². The van der Waals surface area contributed by atoms with Crippen molar-refractivity contribution in [2.24, 2.45) is 5.92 Å². The van der Waals surface area contributed by atoms with E-state index in [-0.39, 0.29) is 17.9 Å². The molecule has 0 amide bonds. The molecule has 3 nitrogen and oxygen atoms in total. The molecule has 18 heavy (non-hydrogen) atoms. The van der Waals surface area contributed by atoms with Gasteiger partial charge in [-0.15, -0.1) is 0 Å². The molecule has 0 aliphatic heterocycles.